The number of nitrogens with zero attached hydrogens (tertiary/aromatic N) is 2. The van der Waals surface area contributed by atoms with E-state index in [2.05, 4.69) is 15.9 Å². The number of hydrogen-bond donors (Lipinski definition) is 1. The van der Waals surface area contributed by atoms with Gasteiger partial charge in [-0.2, -0.15) is 0 Å². The van der Waals surface area contributed by atoms with Gasteiger partial charge in [0.15, 0.2) is 6.61 Å². The first-order chi connectivity index (χ1) is 12.6. The van der Waals surface area contributed by atoms with E-state index in [0.717, 1.165) is 15.2 Å². The molecule has 0 radical (unpaired) electrons. The van der Waals surface area contributed by atoms with Crippen LogP contribution in [0, 0.1) is 5.82 Å². The fraction of sp³-hybridized carbons (Fsp3) is 0.176. The van der Waals surface area contributed by atoms with E-state index in [1.165, 1.54) is 38.4 Å². The lowest BCUT2D eigenvalue weighted by Gasteiger charge is -2.10. The van der Waals surface area contributed by atoms with Gasteiger partial charge in [-0.05, 0) is 24.3 Å². The van der Waals surface area contributed by atoms with Crippen LogP contribution in [0.1, 0.15) is 15.9 Å². The third-order valence-electron chi connectivity index (χ3n) is 3.69. The van der Waals surface area contributed by atoms with Gasteiger partial charge in [-0.25, -0.2) is 14.0 Å². The molecule has 10 heteroatoms. The molecule has 0 aliphatic carbocycles. The first-order valence-electron chi connectivity index (χ1n) is 7.52. The lowest BCUT2D eigenvalue weighted by molar-refractivity contribution is -0.136. The summed E-state index contributed by atoms with van der Waals surface area (Å²) in [6, 6.07) is 4.18. The number of aromatic nitrogens is 2. The molecule has 1 heterocycles. The zero-order chi connectivity index (χ0) is 20.3. The van der Waals surface area contributed by atoms with Crippen LogP contribution >= 0.6 is 15.9 Å². The van der Waals surface area contributed by atoms with Crippen molar-refractivity contribution in [2.45, 2.75) is 0 Å². The lowest BCUT2D eigenvalue weighted by Crippen LogP contribution is -2.42. The molecule has 0 spiro atoms. The molecule has 142 valence electrons. The summed E-state index contributed by atoms with van der Waals surface area (Å²) in [7, 11) is 2.50. The van der Waals surface area contributed by atoms with Gasteiger partial charge in [0.1, 0.15) is 17.2 Å². The molecule has 0 amide bonds. The van der Waals surface area contributed by atoms with Crippen molar-refractivity contribution in [2.75, 3.05) is 12.3 Å². The Balaban J connectivity index is 2.13. The highest BCUT2D eigenvalue weighted by Crippen LogP contribution is 2.16. The zero-order valence-electron chi connectivity index (χ0n) is 14.4. The van der Waals surface area contributed by atoms with E-state index in [1.807, 2.05) is 0 Å². The second-order valence-electron chi connectivity index (χ2n) is 5.50. The third-order valence-corrected chi connectivity index (χ3v) is 4.18. The number of esters is 1. The monoisotopic (exact) mass is 439 g/mol. The normalized spacial score (nSPS) is 11.0. The summed E-state index contributed by atoms with van der Waals surface area (Å²) in [6.45, 7) is -0.762. The zero-order valence-corrected chi connectivity index (χ0v) is 15.9. The summed E-state index contributed by atoms with van der Waals surface area (Å²) >= 11 is 3.18. The van der Waals surface area contributed by atoms with Crippen LogP contribution in [0.3, 0.4) is 0 Å². The van der Waals surface area contributed by atoms with Crippen LogP contribution in [0.15, 0.2) is 38.3 Å². The average molecular weight is 440 g/mol. The second kappa shape index (κ2) is 8.12. The van der Waals surface area contributed by atoms with Crippen molar-refractivity contribution >= 4 is 39.6 Å². The smallest absolute Gasteiger partial charge is 0.332 e. The van der Waals surface area contributed by atoms with Gasteiger partial charge in [0.2, 0.25) is 5.78 Å². The maximum absolute atomic E-state index is 13.6. The van der Waals surface area contributed by atoms with Gasteiger partial charge in [-0.3, -0.25) is 18.7 Å². The third kappa shape index (κ3) is 4.40. The predicted octanol–water partition coefficient (Wildman–Crippen LogP) is 1.01. The predicted molar refractivity (Wildman–Crippen MR) is 99.8 cm³/mol. The molecule has 0 atom stereocenters. The molecule has 0 fully saturated rings. The SMILES string of the molecule is Cn1c(N)c(C(=O)COC(=O)C=Cc2cc(Br)ccc2F)c(=O)n(C)c1=O. The Labute approximate surface area is 160 Å². The van der Waals surface area contributed by atoms with Crippen LogP contribution in [0.5, 0.6) is 0 Å². The Morgan fingerprint density at radius 3 is 2.59 bits per heavy atom. The molecule has 2 N–H and O–H groups in total. The van der Waals surface area contributed by atoms with E-state index >= 15 is 0 Å². The minimum Gasteiger partial charge on any atom is -0.454 e. The minimum atomic E-state index is -0.914. The number of benzene rings is 1. The number of ether oxygens (including phenoxy) is 1. The van der Waals surface area contributed by atoms with Crippen molar-refractivity contribution in [1.29, 1.82) is 0 Å². The number of rotatable bonds is 5. The minimum absolute atomic E-state index is 0.142. The van der Waals surface area contributed by atoms with E-state index in [1.54, 1.807) is 0 Å². The number of carbonyl (C=O) groups is 2. The van der Waals surface area contributed by atoms with Crippen LogP contribution in [0.2, 0.25) is 0 Å². The largest absolute Gasteiger partial charge is 0.454 e. The molecular formula is C17H15BrFN3O5. The van der Waals surface area contributed by atoms with Crippen molar-refractivity contribution in [2.24, 2.45) is 14.1 Å². The number of ketones is 1. The number of anilines is 1. The van der Waals surface area contributed by atoms with Crippen LogP contribution in [-0.4, -0.2) is 27.5 Å². The summed E-state index contributed by atoms with van der Waals surface area (Å²) < 4.78 is 20.6. The molecule has 0 aliphatic heterocycles. The van der Waals surface area contributed by atoms with Crippen molar-refractivity contribution in [3.63, 3.8) is 0 Å². The van der Waals surface area contributed by atoms with Gasteiger partial charge < -0.3 is 10.5 Å². The number of halogens is 2. The quantitative estimate of drug-likeness (QED) is 0.422. The van der Waals surface area contributed by atoms with Gasteiger partial charge in [0, 0.05) is 30.2 Å². The highest BCUT2D eigenvalue weighted by Gasteiger charge is 2.21. The Kier molecular flexibility index (Phi) is 6.11. The number of Topliss-reactive ketones (excluding diaryl/α,β-unsaturated/α-hetero) is 1. The lowest BCUT2D eigenvalue weighted by atomic mass is 10.2. The van der Waals surface area contributed by atoms with E-state index in [-0.39, 0.29) is 11.4 Å². The highest BCUT2D eigenvalue weighted by molar-refractivity contribution is 9.10. The van der Waals surface area contributed by atoms with Crippen LogP contribution in [-0.2, 0) is 23.6 Å². The maximum atomic E-state index is 13.6. The first kappa shape index (κ1) is 20.3. The number of nitrogens with two attached hydrogens (primary N) is 1. The van der Waals surface area contributed by atoms with Crippen LogP contribution < -0.4 is 17.0 Å². The number of carbonyl (C=O) groups excluding carboxylic acids is 2. The van der Waals surface area contributed by atoms with Crippen molar-refractivity contribution in [3.8, 4) is 0 Å². The molecule has 0 bridgehead atoms. The summed E-state index contributed by atoms with van der Waals surface area (Å²) in [5.74, 6) is -2.64. The van der Waals surface area contributed by atoms with Crippen LogP contribution in [0.25, 0.3) is 6.08 Å². The molecule has 0 unspecified atom stereocenters. The molecule has 0 aliphatic rings. The first-order valence-corrected chi connectivity index (χ1v) is 8.31. The van der Waals surface area contributed by atoms with Gasteiger partial charge in [0.25, 0.3) is 5.56 Å². The van der Waals surface area contributed by atoms with Gasteiger partial charge in [0.05, 0.1) is 0 Å². The summed E-state index contributed by atoms with van der Waals surface area (Å²) in [5, 5.41) is 0. The molecule has 2 rings (SSSR count). The molecule has 2 aromatic rings. The number of hydrogen-bond acceptors (Lipinski definition) is 6. The molecule has 0 saturated carbocycles. The molecule has 0 saturated heterocycles. The van der Waals surface area contributed by atoms with Crippen molar-refractivity contribution < 1.29 is 18.7 Å². The molecule has 1 aromatic carbocycles. The van der Waals surface area contributed by atoms with Crippen molar-refractivity contribution in [3.05, 3.63) is 66.5 Å². The standard InChI is InChI=1S/C17H15BrFN3O5/c1-21-15(20)14(16(25)22(2)17(21)26)12(23)8-27-13(24)6-3-9-7-10(18)4-5-11(9)19/h3-7H,8,20H2,1-2H3. The van der Waals surface area contributed by atoms with Gasteiger partial charge >= 0.3 is 11.7 Å². The second-order valence-corrected chi connectivity index (χ2v) is 6.41. The Morgan fingerprint density at radius 2 is 1.93 bits per heavy atom. The Hall–Kier alpha value is -3.01. The van der Waals surface area contributed by atoms with Crippen LogP contribution in [0.4, 0.5) is 10.2 Å². The summed E-state index contributed by atoms with van der Waals surface area (Å²) in [5.41, 5.74) is 3.77. The Bertz CT molecular complexity index is 1070. The summed E-state index contributed by atoms with van der Waals surface area (Å²) in [6.07, 6.45) is 2.13. The van der Waals surface area contributed by atoms with E-state index in [4.69, 9.17) is 10.5 Å². The van der Waals surface area contributed by atoms with Gasteiger partial charge in [-0.15, -0.1) is 0 Å². The maximum Gasteiger partial charge on any atom is 0.332 e. The highest BCUT2D eigenvalue weighted by atomic mass is 79.9. The van der Waals surface area contributed by atoms with E-state index in [9.17, 15) is 23.6 Å². The fourth-order valence-corrected chi connectivity index (χ4v) is 2.56. The van der Waals surface area contributed by atoms with E-state index in [0.29, 0.717) is 4.47 Å². The molecule has 8 nitrogen and oxygen atoms in total. The van der Waals surface area contributed by atoms with E-state index < -0.39 is 41.0 Å². The average Bonchev–Trinajstić information content (AvgIpc) is 2.64. The topological polar surface area (TPSA) is 113 Å². The number of nitrogen functional groups attached to an aromatic ring is 1. The summed E-state index contributed by atoms with van der Waals surface area (Å²) in [4.78, 5) is 47.8. The van der Waals surface area contributed by atoms with Crippen molar-refractivity contribution in [1.82, 2.24) is 9.13 Å². The Morgan fingerprint density at radius 1 is 1.26 bits per heavy atom. The van der Waals surface area contributed by atoms with Gasteiger partial charge in [-0.1, -0.05) is 15.9 Å². The molecule has 1 aromatic heterocycles. The molecular weight excluding hydrogens is 425 g/mol. The molecule has 27 heavy (non-hydrogen) atoms. The fourth-order valence-electron chi connectivity index (χ4n) is 2.18.